The Morgan fingerprint density at radius 1 is 0.343 bits per heavy atom. The van der Waals surface area contributed by atoms with Gasteiger partial charge in [0.05, 0.1) is 22.1 Å². The van der Waals surface area contributed by atoms with Crippen LogP contribution in [-0.2, 0) is 5.41 Å². The van der Waals surface area contributed by atoms with E-state index in [-0.39, 0.29) is 0 Å². The Bertz CT molecular complexity index is 4020. The molecular formula is C67H44N2O. The molecule has 1 aliphatic carbocycles. The van der Waals surface area contributed by atoms with E-state index in [1.165, 1.54) is 55.2 Å². The quantitative estimate of drug-likeness (QED) is 0.152. The molecule has 70 heavy (non-hydrogen) atoms. The van der Waals surface area contributed by atoms with Crippen molar-refractivity contribution >= 4 is 60.8 Å². The highest BCUT2D eigenvalue weighted by Gasteiger charge is 2.47. The van der Waals surface area contributed by atoms with Gasteiger partial charge in [0.25, 0.3) is 0 Å². The van der Waals surface area contributed by atoms with E-state index in [2.05, 4.69) is 264 Å². The summed E-state index contributed by atoms with van der Waals surface area (Å²) in [5.74, 6) is 0. The number of benzene rings is 11. The SMILES string of the molecule is c1ccc(C2(c3ccccc3)c3ccccc3-c3c(N(c4ccc(-c5cccc(-c6ccc7oc8ccccc8c7c6)c5)cc4)c4ccc(-n5c6ccccc6c6ccccc65)cc4)cccc32)cc1. The van der Waals surface area contributed by atoms with Crippen LogP contribution < -0.4 is 4.90 Å². The second kappa shape index (κ2) is 16.0. The van der Waals surface area contributed by atoms with Crippen LogP contribution in [0.15, 0.2) is 271 Å². The van der Waals surface area contributed by atoms with Crippen LogP contribution in [0.2, 0.25) is 0 Å². The van der Waals surface area contributed by atoms with Crippen LogP contribution in [0.5, 0.6) is 0 Å². The molecular weight excluding hydrogens is 849 g/mol. The Morgan fingerprint density at radius 2 is 0.857 bits per heavy atom. The number of nitrogens with zero attached hydrogens (tertiary/aromatic N) is 2. The molecule has 0 bridgehead atoms. The van der Waals surface area contributed by atoms with E-state index in [4.69, 9.17) is 4.42 Å². The number of aromatic nitrogens is 1. The zero-order valence-electron chi connectivity index (χ0n) is 38.2. The van der Waals surface area contributed by atoms with Gasteiger partial charge in [-0.05, 0) is 129 Å². The maximum Gasteiger partial charge on any atom is 0.135 e. The fraction of sp³-hybridized carbons (Fsp3) is 0.0149. The normalized spacial score (nSPS) is 12.7. The summed E-state index contributed by atoms with van der Waals surface area (Å²) in [6, 6.07) is 97.4. The van der Waals surface area contributed by atoms with Gasteiger partial charge >= 0.3 is 0 Å². The highest BCUT2D eigenvalue weighted by atomic mass is 16.3. The van der Waals surface area contributed by atoms with E-state index >= 15 is 0 Å². The van der Waals surface area contributed by atoms with Crippen molar-refractivity contribution in [2.45, 2.75) is 5.41 Å². The van der Waals surface area contributed by atoms with Crippen LogP contribution in [0, 0.1) is 0 Å². The molecule has 0 spiro atoms. The molecule has 328 valence electrons. The summed E-state index contributed by atoms with van der Waals surface area (Å²) >= 11 is 0. The van der Waals surface area contributed by atoms with E-state index in [0.29, 0.717) is 0 Å². The lowest BCUT2D eigenvalue weighted by atomic mass is 9.68. The minimum Gasteiger partial charge on any atom is -0.456 e. The van der Waals surface area contributed by atoms with Gasteiger partial charge in [0.15, 0.2) is 0 Å². The molecule has 0 N–H and O–H groups in total. The number of hydrogen-bond donors (Lipinski definition) is 0. The van der Waals surface area contributed by atoms with Crippen LogP contribution in [-0.4, -0.2) is 4.57 Å². The highest BCUT2D eigenvalue weighted by molar-refractivity contribution is 6.09. The summed E-state index contributed by atoms with van der Waals surface area (Å²) in [6.45, 7) is 0. The van der Waals surface area contributed by atoms with Gasteiger partial charge in [-0.15, -0.1) is 0 Å². The summed E-state index contributed by atoms with van der Waals surface area (Å²) in [5.41, 5.74) is 20.2. The minimum atomic E-state index is -0.527. The van der Waals surface area contributed by atoms with Gasteiger partial charge in [0.2, 0.25) is 0 Å². The first kappa shape index (κ1) is 39.9. The molecule has 0 saturated carbocycles. The molecule has 0 aliphatic heterocycles. The molecule has 14 rings (SSSR count). The number of rotatable bonds is 8. The van der Waals surface area contributed by atoms with Crippen LogP contribution in [0.1, 0.15) is 22.3 Å². The highest BCUT2D eigenvalue weighted by Crippen LogP contribution is 2.59. The van der Waals surface area contributed by atoms with Crippen LogP contribution in [0.4, 0.5) is 17.1 Å². The summed E-state index contributed by atoms with van der Waals surface area (Å²) < 4.78 is 8.56. The van der Waals surface area contributed by atoms with Gasteiger partial charge < -0.3 is 13.9 Å². The standard InChI is InChI=1S/C67H44N2O/c1-3-19-49(20-4-1)67(50-21-5-2-6-22-50)59-27-11-7-26-57(59)66-60(67)28-16-31-63(66)68(52-38-40-53(41-39-52)69-61-29-12-8-23-54(61)55-24-9-13-30-62(55)69)51-36-33-45(34-37-51)46-17-15-18-47(43-46)48-35-42-65-58(44-48)56-25-10-14-32-64(56)70-65/h1-44H. The van der Waals surface area contributed by atoms with Crippen molar-refractivity contribution in [3.63, 3.8) is 0 Å². The smallest absolute Gasteiger partial charge is 0.135 e. The lowest BCUT2D eigenvalue weighted by Crippen LogP contribution is -2.28. The number of anilines is 3. The van der Waals surface area contributed by atoms with Gasteiger partial charge in [-0.2, -0.15) is 0 Å². The van der Waals surface area contributed by atoms with E-state index in [1.807, 2.05) is 12.1 Å². The Balaban J connectivity index is 0.934. The van der Waals surface area contributed by atoms with Crippen molar-refractivity contribution in [2.75, 3.05) is 4.90 Å². The molecule has 11 aromatic carbocycles. The van der Waals surface area contributed by atoms with Gasteiger partial charge in [0.1, 0.15) is 11.2 Å². The van der Waals surface area contributed by atoms with E-state index in [1.54, 1.807) is 0 Å². The topological polar surface area (TPSA) is 21.3 Å². The van der Waals surface area contributed by atoms with Crippen molar-refractivity contribution in [3.05, 3.63) is 289 Å². The molecule has 0 unspecified atom stereocenters. The fourth-order valence-corrected chi connectivity index (χ4v) is 11.6. The Labute approximate surface area is 406 Å². The maximum absolute atomic E-state index is 6.17. The molecule has 0 amide bonds. The van der Waals surface area contributed by atoms with Crippen molar-refractivity contribution in [1.29, 1.82) is 0 Å². The van der Waals surface area contributed by atoms with E-state index in [0.717, 1.165) is 66.9 Å². The maximum atomic E-state index is 6.17. The molecule has 3 nitrogen and oxygen atoms in total. The third-order valence-electron chi connectivity index (χ3n) is 14.7. The van der Waals surface area contributed by atoms with Gasteiger partial charge in [-0.3, -0.25) is 0 Å². The molecule has 0 fully saturated rings. The van der Waals surface area contributed by atoms with Gasteiger partial charge in [-0.25, -0.2) is 0 Å². The third kappa shape index (κ3) is 6.08. The monoisotopic (exact) mass is 892 g/mol. The first-order chi connectivity index (χ1) is 34.7. The zero-order chi connectivity index (χ0) is 46.2. The first-order valence-corrected chi connectivity index (χ1v) is 24.1. The van der Waals surface area contributed by atoms with Gasteiger partial charge in [-0.1, -0.05) is 188 Å². The fourth-order valence-electron chi connectivity index (χ4n) is 11.6. The Hall–Kier alpha value is -9.18. The Kier molecular flexibility index (Phi) is 9.11. The number of fused-ring (bicyclic) bond motifs is 9. The van der Waals surface area contributed by atoms with Crippen LogP contribution >= 0.6 is 0 Å². The first-order valence-electron chi connectivity index (χ1n) is 24.1. The summed E-state index contributed by atoms with van der Waals surface area (Å²) in [6.07, 6.45) is 0. The predicted molar refractivity (Wildman–Crippen MR) is 291 cm³/mol. The number of para-hydroxylation sites is 3. The molecule has 13 aromatic rings. The van der Waals surface area contributed by atoms with E-state index in [9.17, 15) is 0 Å². The molecule has 0 radical (unpaired) electrons. The molecule has 1 aliphatic rings. The van der Waals surface area contributed by atoms with E-state index < -0.39 is 5.41 Å². The van der Waals surface area contributed by atoms with Crippen molar-refractivity contribution in [2.24, 2.45) is 0 Å². The predicted octanol–water partition coefficient (Wildman–Crippen LogP) is 17.8. The lowest BCUT2D eigenvalue weighted by molar-refractivity contribution is 0.669. The Morgan fingerprint density at radius 3 is 1.56 bits per heavy atom. The molecule has 3 heteroatoms. The summed E-state index contributed by atoms with van der Waals surface area (Å²) in [5, 5.41) is 4.77. The third-order valence-corrected chi connectivity index (χ3v) is 14.7. The zero-order valence-corrected chi connectivity index (χ0v) is 38.2. The van der Waals surface area contributed by atoms with Crippen molar-refractivity contribution in [3.8, 4) is 39.1 Å². The second-order valence-corrected chi connectivity index (χ2v) is 18.4. The lowest BCUT2D eigenvalue weighted by Gasteiger charge is -2.34. The minimum absolute atomic E-state index is 0.527. The molecule has 2 heterocycles. The molecule has 0 atom stereocenters. The van der Waals surface area contributed by atoms with Crippen molar-refractivity contribution in [1.82, 2.24) is 4.57 Å². The largest absolute Gasteiger partial charge is 0.456 e. The average molecular weight is 893 g/mol. The molecule has 0 saturated heterocycles. The van der Waals surface area contributed by atoms with Crippen LogP contribution in [0.25, 0.3) is 82.8 Å². The molecule has 2 aromatic heterocycles. The summed E-state index contributed by atoms with van der Waals surface area (Å²) in [7, 11) is 0. The van der Waals surface area contributed by atoms with Crippen molar-refractivity contribution < 1.29 is 4.42 Å². The second-order valence-electron chi connectivity index (χ2n) is 18.4. The average Bonchev–Trinajstić information content (AvgIpc) is 4.09. The summed E-state index contributed by atoms with van der Waals surface area (Å²) in [4.78, 5) is 2.46. The van der Waals surface area contributed by atoms with Gasteiger partial charge in [0, 0.05) is 44.2 Å². The number of hydrogen-bond acceptors (Lipinski definition) is 2. The number of furan rings is 1. The van der Waals surface area contributed by atoms with Crippen LogP contribution in [0.3, 0.4) is 0 Å².